The molecule has 1 aliphatic heterocycles. The summed E-state index contributed by atoms with van der Waals surface area (Å²) in [7, 11) is 0. The molecular weight excluding hydrogens is 240 g/mol. The van der Waals surface area contributed by atoms with E-state index in [0.717, 1.165) is 19.6 Å². The lowest BCUT2D eigenvalue weighted by molar-refractivity contribution is 0.677. The Morgan fingerprint density at radius 3 is 3.22 bits per heavy atom. The lowest BCUT2D eigenvalue weighted by Crippen LogP contribution is -2.19. The lowest BCUT2D eigenvalue weighted by Gasteiger charge is -2.21. The zero-order valence-corrected chi connectivity index (χ0v) is 12.1. The van der Waals surface area contributed by atoms with Crippen LogP contribution in [0, 0.1) is 0 Å². The Kier molecular flexibility index (Phi) is 5.88. The van der Waals surface area contributed by atoms with Crippen LogP contribution in [0.4, 0.5) is 5.69 Å². The first-order chi connectivity index (χ1) is 8.92. The van der Waals surface area contributed by atoms with Gasteiger partial charge >= 0.3 is 0 Å². The number of thioether (sulfide) groups is 1. The van der Waals surface area contributed by atoms with Crippen molar-refractivity contribution < 1.29 is 0 Å². The average molecular weight is 264 g/mol. The highest BCUT2D eigenvalue weighted by Gasteiger charge is 2.11. The van der Waals surface area contributed by atoms with Gasteiger partial charge in [-0.2, -0.15) is 11.8 Å². The summed E-state index contributed by atoms with van der Waals surface area (Å²) in [4.78, 5) is 0. The SMILES string of the molecule is CCSCCCNCc1cccc2c1NCCC2. The van der Waals surface area contributed by atoms with Crippen LogP contribution in [0.3, 0.4) is 0 Å². The van der Waals surface area contributed by atoms with E-state index in [1.165, 1.54) is 47.6 Å². The maximum atomic E-state index is 3.56. The molecule has 0 amide bonds. The van der Waals surface area contributed by atoms with Crippen molar-refractivity contribution in [2.45, 2.75) is 32.7 Å². The summed E-state index contributed by atoms with van der Waals surface area (Å²) in [5, 5.41) is 7.11. The van der Waals surface area contributed by atoms with Crippen LogP contribution < -0.4 is 10.6 Å². The highest BCUT2D eigenvalue weighted by molar-refractivity contribution is 7.99. The molecule has 0 radical (unpaired) electrons. The van der Waals surface area contributed by atoms with Gasteiger partial charge in [-0.1, -0.05) is 25.1 Å². The minimum atomic E-state index is 0.993. The van der Waals surface area contributed by atoms with Crippen molar-refractivity contribution in [1.82, 2.24) is 5.32 Å². The Bertz CT molecular complexity index is 366. The Balaban J connectivity index is 1.79. The van der Waals surface area contributed by atoms with Crippen LogP contribution >= 0.6 is 11.8 Å². The molecule has 0 bridgehead atoms. The van der Waals surface area contributed by atoms with Gasteiger partial charge in [-0.25, -0.2) is 0 Å². The zero-order chi connectivity index (χ0) is 12.6. The molecule has 0 saturated heterocycles. The second kappa shape index (κ2) is 7.70. The van der Waals surface area contributed by atoms with E-state index >= 15 is 0 Å². The first-order valence-electron chi connectivity index (χ1n) is 7.05. The molecule has 100 valence electrons. The first-order valence-corrected chi connectivity index (χ1v) is 8.20. The first kappa shape index (κ1) is 13.8. The summed E-state index contributed by atoms with van der Waals surface area (Å²) in [5.74, 6) is 2.50. The molecule has 0 atom stereocenters. The largest absolute Gasteiger partial charge is 0.385 e. The van der Waals surface area contributed by atoms with Crippen LogP contribution in [-0.4, -0.2) is 24.6 Å². The van der Waals surface area contributed by atoms with Gasteiger partial charge in [0.05, 0.1) is 0 Å². The number of hydrogen-bond acceptors (Lipinski definition) is 3. The fraction of sp³-hybridized carbons (Fsp3) is 0.600. The molecule has 0 spiro atoms. The molecule has 1 aromatic carbocycles. The van der Waals surface area contributed by atoms with Gasteiger partial charge in [-0.15, -0.1) is 0 Å². The second-order valence-electron chi connectivity index (χ2n) is 4.71. The fourth-order valence-corrected chi connectivity index (χ4v) is 3.03. The monoisotopic (exact) mass is 264 g/mol. The summed E-state index contributed by atoms with van der Waals surface area (Å²) in [6.45, 7) is 5.46. The number of rotatable bonds is 7. The molecule has 1 aliphatic rings. The number of hydrogen-bond donors (Lipinski definition) is 2. The number of nitrogens with one attached hydrogen (secondary N) is 2. The highest BCUT2D eigenvalue weighted by atomic mass is 32.2. The van der Waals surface area contributed by atoms with E-state index < -0.39 is 0 Å². The van der Waals surface area contributed by atoms with Crippen molar-refractivity contribution in [1.29, 1.82) is 0 Å². The van der Waals surface area contributed by atoms with Gasteiger partial charge in [0.2, 0.25) is 0 Å². The molecule has 2 N–H and O–H groups in total. The van der Waals surface area contributed by atoms with Gasteiger partial charge in [-0.3, -0.25) is 0 Å². The molecular formula is C15H24N2S. The predicted octanol–water partition coefficient (Wildman–Crippen LogP) is 3.28. The van der Waals surface area contributed by atoms with E-state index in [4.69, 9.17) is 0 Å². The fourth-order valence-electron chi connectivity index (χ4n) is 2.39. The van der Waals surface area contributed by atoms with Crippen LogP contribution in [0.15, 0.2) is 18.2 Å². The highest BCUT2D eigenvalue weighted by Crippen LogP contribution is 2.25. The van der Waals surface area contributed by atoms with Crippen molar-refractivity contribution >= 4 is 17.4 Å². The molecule has 0 unspecified atom stereocenters. The molecule has 1 aromatic rings. The second-order valence-corrected chi connectivity index (χ2v) is 6.10. The van der Waals surface area contributed by atoms with Gasteiger partial charge in [0.15, 0.2) is 0 Å². The molecule has 2 rings (SSSR count). The summed E-state index contributed by atoms with van der Waals surface area (Å²) < 4.78 is 0. The Hall–Kier alpha value is -0.670. The van der Waals surface area contributed by atoms with E-state index in [1.54, 1.807) is 0 Å². The number of anilines is 1. The summed E-state index contributed by atoms with van der Waals surface area (Å²) in [5.41, 5.74) is 4.30. The van der Waals surface area contributed by atoms with Crippen LogP contribution in [0.2, 0.25) is 0 Å². The molecule has 1 heterocycles. The van der Waals surface area contributed by atoms with Crippen molar-refractivity contribution in [3.8, 4) is 0 Å². The third kappa shape index (κ3) is 3.92. The van der Waals surface area contributed by atoms with E-state index in [1.807, 2.05) is 11.8 Å². The van der Waals surface area contributed by atoms with Crippen LogP contribution in [0.5, 0.6) is 0 Å². The number of para-hydroxylation sites is 1. The Morgan fingerprint density at radius 2 is 2.33 bits per heavy atom. The molecule has 0 fully saturated rings. The third-order valence-corrected chi connectivity index (χ3v) is 4.31. The minimum absolute atomic E-state index is 0.993. The van der Waals surface area contributed by atoms with E-state index in [2.05, 4.69) is 35.8 Å². The van der Waals surface area contributed by atoms with Crippen molar-refractivity contribution in [2.24, 2.45) is 0 Å². The van der Waals surface area contributed by atoms with Crippen LogP contribution in [0.1, 0.15) is 30.9 Å². The maximum absolute atomic E-state index is 3.56. The summed E-state index contributed by atoms with van der Waals surface area (Å²) in [6, 6.07) is 6.68. The predicted molar refractivity (Wildman–Crippen MR) is 82.6 cm³/mol. The van der Waals surface area contributed by atoms with Crippen molar-refractivity contribution in [2.75, 3.05) is 29.9 Å². The molecule has 3 heteroatoms. The van der Waals surface area contributed by atoms with Gasteiger partial charge in [0.1, 0.15) is 0 Å². The van der Waals surface area contributed by atoms with Gasteiger partial charge < -0.3 is 10.6 Å². The summed E-state index contributed by atoms with van der Waals surface area (Å²) >= 11 is 2.02. The topological polar surface area (TPSA) is 24.1 Å². The normalized spacial score (nSPS) is 14.1. The number of benzene rings is 1. The minimum Gasteiger partial charge on any atom is -0.385 e. The van der Waals surface area contributed by atoms with Crippen molar-refractivity contribution in [3.05, 3.63) is 29.3 Å². The third-order valence-electron chi connectivity index (χ3n) is 3.32. The zero-order valence-electron chi connectivity index (χ0n) is 11.3. The molecule has 0 aromatic heterocycles. The van der Waals surface area contributed by atoms with Gasteiger partial charge in [0, 0.05) is 18.8 Å². The van der Waals surface area contributed by atoms with Crippen LogP contribution in [-0.2, 0) is 13.0 Å². The van der Waals surface area contributed by atoms with E-state index in [9.17, 15) is 0 Å². The Labute approximate surface area is 115 Å². The maximum Gasteiger partial charge on any atom is 0.0418 e. The van der Waals surface area contributed by atoms with E-state index in [-0.39, 0.29) is 0 Å². The lowest BCUT2D eigenvalue weighted by atomic mass is 9.99. The Morgan fingerprint density at radius 1 is 1.39 bits per heavy atom. The molecule has 0 saturated carbocycles. The van der Waals surface area contributed by atoms with Crippen LogP contribution in [0.25, 0.3) is 0 Å². The smallest absolute Gasteiger partial charge is 0.0418 e. The van der Waals surface area contributed by atoms with E-state index in [0.29, 0.717) is 0 Å². The number of fused-ring (bicyclic) bond motifs is 1. The quantitative estimate of drug-likeness (QED) is 0.739. The molecule has 18 heavy (non-hydrogen) atoms. The van der Waals surface area contributed by atoms with Crippen molar-refractivity contribution in [3.63, 3.8) is 0 Å². The average Bonchev–Trinajstić information content (AvgIpc) is 2.43. The van der Waals surface area contributed by atoms with Gasteiger partial charge in [0.25, 0.3) is 0 Å². The standard InChI is InChI=1S/C15H24N2S/c1-2-18-11-5-9-16-12-14-7-3-6-13-8-4-10-17-15(13)14/h3,6-7,16-17H,2,4-5,8-12H2,1H3. The van der Waals surface area contributed by atoms with Gasteiger partial charge in [-0.05, 0) is 48.4 Å². The summed E-state index contributed by atoms with van der Waals surface area (Å²) in [6.07, 6.45) is 3.75. The molecule has 2 nitrogen and oxygen atoms in total. The molecule has 0 aliphatic carbocycles. The number of aryl methyl sites for hydroxylation is 1.